The summed E-state index contributed by atoms with van der Waals surface area (Å²) in [6, 6.07) is -2.35. The van der Waals surface area contributed by atoms with Crippen molar-refractivity contribution in [2.24, 2.45) is 11.8 Å². The zero-order chi connectivity index (χ0) is 82.2. The molecule has 112 heavy (non-hydrogen) atoms. The third kappa shape index (κ3) is 71.6. The van der Waals surface area contributed by atoms with Gasteiger partial charge in [0, 0.05) is 96.3 Å². The lowest BCUT2D eigenvalue weighted by Gasteiger charge is -2.17. The van der Waals surface area contributed by atoms with E-state index < -0.39 is 41.8 Å². The number of amides is 6. The van der Waals surface area contributed by atoms with Crippen LogP contribution in [-0.4, -0.2) is 226 Å². The number of carboxylic acids is 2. The molecule has 0 saturated heterocycles. The molecule has 0 aromatic rings. The van der Waals surface area contributed by atoms with Crippen LogP contribution in [0.5, 0.6) is 0 Å². The minimum atomic E-state index is -1.20. The van der Waals surface area contributed by atoms with E-state index in [4.69, 9.17) is 49.1 Å². The van der Waals surface area contributed by atoms with E-state index in [-0.39, 0.29) is 203 Å². The molecule has 28 nitrogen and oxygen atoms in total. The maximum atomic E-state index is 13.5. The average molecular weight is 1600 g/mol. The molecule has 0 aliphatic rings. The molecule has 0 radical (unpaired) electrons. The lowest BCUT2D eigenvalue weighted by molar-refractivity contribution is -0.147. The fourth-order valence-electron chi connectivity index (χ4n) is 12.2. The number of unbranched alkanes of at least 4 members (excludes halogenated alkanes) is 26. The molecule has 0 saturated carbocycles. The summed E-state index contributed by atoms with van der Waals surface area (Å²) in [6.07, 6.45) is 39.6. The second kappa shape index (κ2) is 80.0. The number of carbonyl (C=O) groups is 11. The van der Waals surface area contributed by atoms with Crippen LogP contribution in [0, 0.1) is 24.2 Å². The third-order valence-electron chi connectivity index (χ3n) is 19.0. The lowest BCUT2D eigenvalue weighted by Crippen LogP contribution is -2.41. The van der Waals surface area contributed by atoms with Gasteiger partial charge in [-0.25, -0.2) is 9.59 Å². The van der Waals surface area contributed by atoms with E-state index in [1.165, 1.54) is 123 Å². The molecular weight excluding hydrogens is 1440 g/mol. The number of terminal acetylenes is 1. The van der Waals surface area contributed by atoms with E-state index in [0.717, 1.165) is 38.5 Å². The quantitative estimate of drug-likeness (QED) is 0.0159. The van der Waals surface area contributed by atoms with Gasteiger partial charge in [-0.3, -0.25) is 43.2 Å². The third-order valence-corrected chi connectivity index (χ3v) is 19.0. The van der Waals surface area contributed by atoms with Crippen molar-refractivity contribution >= 4 is 64.9 Å². The average Bonchev–Trinajstić information content (AvgIpc) is 0.930. The molecule has 0 aromatic carbocycles. The number of hydrogen-bond acceptors (Lipinski definition) is 20. The van der Waals surface area contributed by atoms with Crippen LogP contribution in [0.2, 0.25) is 0 Å². The number of ether oxygens (including phenoxy) is 9. The van der Waals surface area contributed by atoms with Gasteiger partial charge in [0.05, 0.1) is 119 Å². The number of esters is 1. The van der Waals surface area contributed by atoms with Gasteiger partial charge in [-0.1, -0.05) is 181 Å². The molecule has 0 aromatic heterocycles. The number of rotatable bonds is 86. The molecule has 0 bridgehead atoms. The second-order valence-electron chi connectivity index (χ2n) is 28.8. The van der Waals surface area contributed by atoms with Crippen molar-refractivity contribution in [3.8, 4) is 12.3 Å². The van der Waals surface area contributed by atoms with Gasteiger partial charge in [0.1, 0.15) is 23.7 Å². The zero-order valence-electron chi connectivity index (χ0n) is 69.2. The number of carboxylic acid groups (broad SMARTS) is 2. The molecule has 648 valence electrons. The number of aliphatic carboxylic acids is 2. The number of nitrogens with one attached hydrogen (secondary N) is 6. The van der Waals surface area contributed by atoms with E-state index in [2.05, 4.69) is 51.7 Å². The summed E-state index contributed by atoms with van der Waals surface area (Å²) in [7, 11) is 1.27. The Morgan fingerprint density at radius 3 is 0.964 bits per heavy atom. The van der Waals surface area contributed by atoms with E-state index >= 15 is 0 Å². The molecule has 6 amide bonds. The maximum absolute atomic E-state index is 13.5. The van der Waals surface area contributed by atoms with E-state index in [1.54, 1.807) is 0 Å². The molecule has 8 N–H and O–H groups in total. The van der Waals surface area contributed by atoms with Crippen molar-refractivity contribution in [1.29, 1.82) is 0 Å². The summed E-state index contributed by atoms with van der Waals surface area (Å²) < 4.78 is 49.5. The van der Waals surface area contributed by atoms with Crippen molar-refractivity contribution in [2.75, 3.05) is 139 Å². The normalized spacial score (nSPS) is 12.3. The predicted molar refractivity (Wildman–Crippen MR) is 430 cm³/mol. The van der Waals surface area contributed by atoms with Crippen LogP contribution in [0.1, 0.15) is 296 Å². The smallest absolute Gasteiger partial charge is 0.326 e. The molecule has 0 aliphatic heterocycles. The highest BCUT2D eigenvalue weighted by molar-refractivity contribution is 5.88. The number of carbonyl (C=O) groups excluding carboxylic acids is 9. The highest BCUT2D eigenvalue weighted by Crippen LogP contribution is 2.20. The molecular formula is C84H150N6O22. The first-order chi connectivity index (χ1) is 54.5. The largest absolute Gasteiger partial charge is 0.480 e. The second-order valence-corrected chi connectivity index (χ2v) is 28.8. The Balaban J connectivity index is 4.66. The predicted octanol–water partition coefficient (Wildman–Crippen LogP) is 11.1. The minimum Gasteiger partial charge on any atom is -0.480 e. The topological polar surface area (TPSA) is 383 Å². The Labute approximate surface area is 671 Å². The number of hydrogen-bond donors (Lipinski definition) is 8. The zero-order valence-corrected chi connectivity index (χ0v) is 69.2. The van der Waals surface area contributed by atoms with Crippen LogP contribution in [0.3, 0.4) is 0 Å². The summed E-state index contributed by atoms with van der Waals surface area (Å²) in [5.74, 6) is -3.91. The Bertz CT molecular complexity index is 2450. The van der Waals surface area contributed by atoms with E-state index in [9.17, 15) is 63.0 Å². The van der Waals surface area contributed by atoms with Crippen LogP contribution in [0.25, 0.3) is 0 Å². The van der Waals surface area contributed by atoms with Gasteiger partial charge >= 0.3 is 17.9 Å². The first-order valence-electron chi connectivity index (χ1n) is 42.8. The fourth-order valence-corrected chi connectivity index (χ4v) is 12.2. The Morgan fingerprint density at radius 2 is 0.616 bits per heavy atom. The molecule has 2 unspecified atom stereocenters. The van der Waals surface area contributed by atoms with Crippen LogP contribution in [0.15, 0.2) is 0 Å². The number of Topliss-reactive ketones (excluding diaryl/α,β-unsaturated/α-hetero) is 2. The molecule has 4 atom stereocenters. The standard InChI is InChI=1S/C84H150N6O22/c1-5-8-11-13-15-17-19-21-23-25-27-29-31-40-79(96)89-74(82(99)100)42-44-77(94)85-48-35-33-37-70(68-72(91)46-52-105-56-60-109-64-66-111-62-58-107-54-50-87-76(93)39-10-7-3)81(98)88-51-55-108-59-63-112-67-65-110-61-57-106-53-47-73(92)69-71(84(103)104-4)38-34-36-49-86-78(95)45-43-75(83(101)102)90-80(97)41-32-30-28-26-24-22-20-18-16-14-12-9-6-2/h3,70-71,74-75H,5-6,8-69H2,1-2,4H3,(H,85,94)(H,86,95)(H,87,93)(H,88,98)(H,89,96)(H,90,97)(H,99,100)(H,101,102)/t70-,71-,74?,75?/m1/s1. The van der Waals surface area contributed by atoms with Crippen molar-refractivity contribution in [1.82, 2.24) is 31.9 Å². The Hall–Kier alpha value is -6.19. The fraction of sp³-hybridized carbons (Fsp3) is 0.845. The van der Waals surface area contributed by atoms with Crippen molar-refractivity contribution in [3.63, 3.8) is 0 Å². The summed E-state index contributed by atoms with van der Waals surface area (Å²) >= 11 is 0. The van der Waals surface area contributed by atoms with Crippen LogP contribution >= 0.6 is 0 Å². The first kappa shape index (κ1) is 106. The van der Waals surface area contributed by atoms with Gasteiger partial charge in [-0.15, -0.1) is 12.3 Å². The van der Waals surface area contributed by atoms with E-state index in [1.807, 2.05) is 0 Å². The highest BCUT2D eigenvalue weighted by Gasteiger charge is 2.26. The van der Waals surface area contributed by atoms with Crippen molar-refractivity contribution < 1.29 is 106 Å². The van der Waals surface area contributed by atoms with Gasteiger partial charge in [0.2, 0.25) is 35.4 Å². The van der Waals surface area contributed by atoms with E-state index in [0.29, 0.717) is 104 Å². The first-order valence-corrected chi connectivity index (χ1v) is 42.8. The number of ketones is 2. The Kier molecular flexibility index (Phi) is 75.6. The van der Waals surface area contributed by atoms with Gasteiger partial charge in [-0.2, -0.15) is 0 Å². The van der Waals surface area contributed by atoms with Gasteiger partial charge in [0.25, 0.3) is 0 Å². The summed E-state index contributed by atoms with van der Waals surface area (Å²) in [6.45, 7) is 9.92. The van der Waals surface area contributed by atoms with Gasteiger partial charge in [-0.05, 0) is 51.4 Å². The van der Waals surface area contributed by atoms with Crippen molar-refractivity contribution in [2.45, 2.75) is 308 Å². The summed E-state index contributed by atoms with van der Waals surface area (Å²) in [4.78, 5) is 138. The molecule has 0 spiro atoms. The van der Waals surface area contributed by atoms with Crippen molar-refractivity contribution in [3.05, 3.63) is 0 Å². The SMILES string of the molecule is C#CCCC(=O)NCCOCCOCCOCCOCCC(=O)C[C@@H](CCCCNC(=O)CCC(NC(=O)CCCCCCCCCCCCCCC)C(=O)O)C(=O)NCCOCCOCCOCCOCCC(=O)C[C@@H](CCCCNC(=O)CCC(NC(=O)CCCCCCCCCCCCCCC)C(=O)O)C(=O)OC. The molecule has 0 rings (SSSR count). The van der Waals surface area contributed by atoms with Crippen LogP contribution in [-0.2, 0) is 95.4 Å². The van der Waals surface area contributed by atoms with Gasteiger partial charge < -0.3 is 84.7 Å². The van der Waals surface area contributed by atoms with Crippen LogP contribution < -0.4 is 31.9 Å². The summed E-state index contributed by atoms with van der Waals surface area (Å²) in [5, 5.41) is 35.8. The Morgan fingerprint density at radius 1 is 0.312 bits per heavy atom. The lowest BCUT2D eigenvalue weighted by atomic mass is 9.94. The molecule has 0 heterocycles. The van der Waals surface area contributed by atoms with Crippen LogP contribution in [0.4, 0.5) is 0 Å². The monoisotopic (exact) mass is 1600 g/mol. The maximum Gasteiger partial charge on any atom is 0.326 e. The minimum absolute atomic E-state index is 0.0190. The van der Waals surface area contributed by atoms with Gasteiger partial charge in [0.15, 0.2) is 0 Å². The molecule has 0 aliphatic carbocycles. The number of methoxy groups -OCH3 is 1. The molecule has 28 heteroatoms. The summed E-state index contributed by atoms with van der Waals surface area (Å²) in [5.41, 5.74) is 0. The molecule has 0 fully saturated rings. The highest BCUT2D eigenvalue weighted by atomic mass is 16.6.